The number of guanidine groups is 1. The zero-order valence-electron chi connectivity index (χ0n) is 18.4. The Morgan fingerprint density at radius 3 is 2.52 bits per heavy atom. The highest BCUT2D eigenvalue weighted by atomic mass is 127. The van der Waals surface area contributed by atoms with Gasteiger partial charge in [0.05, 0.1) is 17.2 Å². The first kappa shape index (κ1) is 25.7. The maximum atomic E-state index is 11.8. The molecule has 1 fully saturated rings. The van der Waals surface area contributed by atoms with Gasteiger partial charge in [-0.25, -0.2) is 8.42 Å². The summed E-state index contributed by atoms with van der Waals surface area (Å²) in [6.45, 7) is 5.22. The Labute approximate surface area is 202 Å². The van der Waals surface area contributed by atoms with Crippen LogP contribution in [0.3, 0.4) is 0 Å². The fraction of sp³-hybridized carbons (Fsp3) is 0.500. The van der Waals surface area contributed by atoms with E-state index in [1.54, 1.807) is 19.4 Å². The van der Waals surface area contributed by atoms with Crippen LogP contribution in [0.5, 0.6) is 0 Å². The van der Waals surface area contributed by atoms with Gasteiger partial charge in [-0.1, -0.05) is 18.6 Å². The van der Waals surface area contributed by atoms with Crippen molar-refractivity contribution in [3.05, 3.63) is 53.5 Å². The monoisotopic (exact) mass is 560 g/mol. The number of furan rings is 1. The van der Waals surface area contributed by atoms with E-state index in [1.165, 1.54) is 25.5 Å². The van der Waals surface area contributed by atoms with Crippen molar-refractivity contribution in [2.75, 3.05) is 32.9 Å². The molecule has 1 aliphatic rings. The van der Waals surface area contributed by atoms with Crippen LogP contribution in [-0.2, 0) is 16.4 Å². The lowest BCUT2D eigenvalue weighted by Gasteiger charge is -2.33. The SMILES string of the molecule is CN=C(NCc1ccc(S(C)(=O)=O)c(C)c1)NCC(c1ccco1)N1CCCCC1.I. The summed E-state index contributed by atoms with van der Waals surface area (Å²) in [5.41, 5.74) is 1.75. The molecule has 0 spiro atoms. The van der Waals surface area contributed by atoms with Crippen molar-refractivity contribution in [1.82, 2.24) is 15.5 Å². The molecule has 0 amide bonds. The molecular formula is C22H33IN4O3S. The van der Waals surface area contributed by atoms with Crippen LogP contribution in [-0.4, -0.2) is 52.2 Å². The van der Waals surface area contributed by atoms with Crippen LogP contribution in [0.4, 0.5) is 0 Å². The second kappa shape index (κ2) is 11.9. The van der Waals surface area contributed by atoms with Crippen molar-refractivity contribution in [2.24, 2.45) is 4.99 Å². The summed E-state index contributed by atoms with van der Waals surface area (Å²) < 4.78 is 29.3. The molecule has 2 N–H and O–H groups in total. The van der Waals surface area contributed by atoms with Gasteiger partial charge in [0.25, 0.3) is 0 Å². The molecule has 0 aliphatic carbocycles. The largest absolute Gasteiger partial charge is 0.468 e. The van der Waals surface area contributed by atoms with Crippen molar-refractivity contribution in [1.29, 1.82) is 0 Å². The lowest BCUT2D eigenvalue weighted by molar-refractivity contribution is 0.146. The predicted molar refractivity (Wildman–Crippen MR) is 135 cm³/mol. The number of hydrogen-bond donors (Lipinski definition) is 2. The van der Waals surface area contributed by atoms with E-state index in [1.807, 2.05) is 31.2 Å². The molecule has 31 heavy (non-hydrogen) atoms. The van der Waals surface area contributed by atoms with Crippen LogP contribution in [0.15, 0.2) is 50.9 Å². The van der Waals surface area contributed by atoms with E-state index in [0.717, 1.165) is 30.0 Å². The summed E-state index contributed by atoms with van der Waals surface area (Å²) in [7, 11) is -1.46. The summed E-state index contributed by atoms with van der Waals surface area (Å²) in [4.78, 5) is 7.17. The molecule has 1 saturated heterocycles. The van der Waals surface area contributed by atoms with Gasteiger partial charge in [0.2, 0.25) is 0 Å². The molecule has 172 valence electrons. The standard InChI is InChI=1S/C22H32N4O3S.HI/c1-17-14-18(9-10-21(17)30(3,27)28)15-24-22(23-2)25-16-19(20-8-7-13-29-20)26-11-5-4-6-12-26;/h7-10,13-14,19H,4-6,11-12,15-16H2,1-3H3,(H2,23,24,25);1H. The van der Waals surface area contributed by atoms with E-state index in [4.69, 9.17) is 4.42 Å². The van der Waals surface area contributed by atoms with Crippen LogP contribution < -0.4 is 10.6 Å². The van der Waals surface area contributed by atoms with Gasteiger partial charge < -0.3 is 15.1 Å². The van der Waals surface area contributed by atoms with Crippen molar-refractivity contribution in [2.45, 2.75) is 43.7 Å². The Morgan fingerprint density at radius 1 is 1.19 bits per heavy atom. The van der Waals surface area contributed by atoms with Gasteiger partial charge in [-0.15, -0.1) is 24.0 Å². The zero-order valence-corrected chi connectivity index (χ0v) is 21.6. The molecule has 3 rings (SSSR count). The minimum atomic E-state index is -3.21. The van der Waals surface area contributed by atoms with Gasteiger partial charge in [-0.3, -0.25) is 9.89 Å². The summed E-state index contributed by atoms with van der Waals surface area (Å²) in [6, 6.07) is 9.53. The molecule has 0 radical (unpaired) electrons. The molecule has 0 bridgehead atoms. The minimum Gasteiger partial charge on any atom is -0.468 e. The lowest BCUT2D eigenvalue weighted by Crippen LogP contribution is -2.44. The third-order valence-corrected chi connectivity index (χ3v) is 6.75. The van der Waals surface area contributed by atoms with Gasteiger partial charge in [-0.05, 0) is 62.2 Å². The normalized spacial score (nSPS) is 16.4. The van der Waals surface area contributed by atoms with Gasteiger partial charge in [0, 0.05) is 26.4 Å². The Hall–Kier alpha value is -1.59. The van der Waals surface area contributed by atoms with E-state index in [0.29, 0.717) is 23.9 Å². The molecule has 1 atom stereocenters. The highest BCUT2D eigenvalue weighted by molar-refractivity contribution is 14.0. The molecule has 9 heteroatoms. The van der Waals surface area contributed by atoms with E-state index < -0.39 is 9.84 Å². The van der Waals surface area contributed by atoms with E-state index >= 15 is 0 Å². The molecule has 1 unspecified atom stereocenters. The van der Waals surface area contributed by atoms with Crippen LogP contribution >= 0.6 is 24.0 Å². The maximum absolute atomic E-state index is 11.8. The molecule has 0 saturated carbocycles. The van der Waals surface area contributed by atoms with E-state index in [9.17, 15) is 8.42 Å². The number of aliphatic imine (C=N–C) groups is 1. The number of piperidine rings is 1. The molecule has 1 aromatic heterocycles. The third-order valence-electron chi connectivity index (χ3n) is 5.49. The predicted octanol–water partition coefficient (Wildman–Crippen LogP) is 3.50. The third kappa shape index (κ3) is 7.21. The highest BCUT2D eigenvalue weighted by Gasteiger charge is 2.24. The smallest absolute Gasteiger partial charge is 0.191 e. The lowest BCUT2D eigenvalue weighted by atomic mass is 10.1. The van der Waals surface area contributed by atoms with Crippen molar-refractivity contribution >= 4 is 39.8 Å². The zero-order chi connectivity index (χ0) is 21.6. The average molecular weight is 561 g/mol. The summed E-state index contributed by atoms with van der Waals surface area (Å²) in [5.74, 6) is 1.67. The van der Waals surface area contributed by atoms with Crippen LogP contribution in [0.1, 0.15) is 42.2 Å². The average Bonchev–Trinajstić information content (AvgIpc) is 3.25. The number of aryl methyl sites for hydroxylation is 1. The van der Waals surface area contributed by atoms with Gasteiger partial charge in [-0.2, -0.15) is 0 Å². The van der Waals surface area contributed by atoms with Crippen LogP contribution in [0.2, 0.25) is 0 Å². The highest BCUT2D eigenvalue weighted by Crippen LogP contribution is 2.24. The number of sulfone groups is 1. The van der Waals surface area contributed by atoms with E-state index in [2.05, 4.69) is 20.5 Å². The number of benzene rings is 1. The minimum absolute atomic E-state index is 0. The van der Waals surface area contributed by atoms with Crippen LogP contribution in [0.25, 0.3) is 0 Å². The Bertz CT molecular complexity index is 955. The van der Waals surface area contributed by atoms with Gasteiger partial charge in [0.1, 0.15) is 5.76 Å². The van der Waals surface area contributed by atoms with Gasteiger partial charge in [0.15, 0.2) is 15.8 Å². The first-order chi connectivity index (χ1) is 14.4. The number of nitrogens with one attached hydrogen (secondary N) is 2. The number of nitrogens with zero attached hydrogens (tertiary/aromatic N) is 2. The molecule has 1 aliphatic heterocycles. The van der Waals surface area contributed by atoms with Crippen LogP contribution in [0, 0.1) is 6.92 Å². The summed E-state index contributed by atoms with van der Waals surface area (Å²) in [6.07, 6.45) is 6.67. The fourth-order valence-electron chi connectivity index (χ4n) is 3.96. The summed E-state index contributed by atoms with van der Waals surface area (Å²) in [5, 5.41) is 6.73. The number of likely N-dealkylation sites (tertiary alicyclic amines) is 1. The topological polar surface area (TPSA) is 86.9 Å². The molecule has 7 nitrogen and oxygen atoms in total. The Morgan fingerprint density at radius 2 is 1.94 bits per heavy atom. The maximum Gasteiger partial charge on any atom is 0.191 e. The molecule has 2 heterocycles. The summed E-state index contributed by atoms with van der Waals surface area (Å²) >= 11 is 0. The quantitative estimate of drug-likeness (QED) is 0.307. The molecule has 2 aromatic rings. The van der Waals surface area contributed by atoms with E-state index in [-0.39, 0.29) is 30.0 Å². The molecule has 1 aromatic carbocycles. The van der Waals surface area contributed by atoms with Crippen molar-refractivity contribution < 1.29 is 12.8 Å². The first-order valence-electron chi connectivity index (χ1n) is 10.4. The fourth-order valence-corrected chi connectivity index (χ4v) is 4.92. The van der Waals surface area contributed by atoms with Gasteiger partial charge >= 0.3 is 0 Å². The van der Waals surface area contributed by atoms with Crippen molar-refractivity contribution in [3.63, 3.8) is 0 Å². The second-order valence-electron chi connectivity index (χ2n) is 7.81. The first-order valence-corrected chi connectivity index (χ1v) is 12.3. The number of halogens is 1. The number of hydrogen-bond acceptors (Lipinski definition) is 5. The molecular weight excluding hydrogens is 527 g/mol. The second-order valence-corrected chi connectivity index (χ2v) is 9.79. The Balaban J connectivity index is 0.00000341. The Kier molecular flexibility index (Phi) is 9.83. The van der Waals surface area contributed by atoms with Crippen molar-refractivity contribution in [3.8, 4) is 0 Å². The number of rotatable bonds is 7.